The van der Waals surface area contributed by atoms with Crippen LogP contribution in [0.4, 0.5) is 5.69 Å². The van der Waals surface area contributed by atoms with Gasteiger partial charge in [-0.15, -0.1) is 11.8 Å². The normalized spacial score (nSPS) is 13.4. The van der Waals surface area contributed by atoms with Gasteiger partial charge in [-0.2, -0.15) is 0 Å². The second-order valence-electron chi connectivity index (χ2n) is 6.74. The van der Waals surface area contributed by atoms with E-state index in [1.165, 1.54) is 0 Å². The molecular weight excluding hydrogens is 422 g/mol. The first-order valence-electron chi connectivity index (χ1n) is 9.50. The number of rotatable bonds is 6. The second-order valence-corrected chi connectivity index (χ2v) is 8.16. The summed E-state index contributed by atoms with van der Waals surface area (Å²) in [4.78, 5) is 27.8. The third-order valence-electron chi connectivity index (χ3n) is 4.69. The number of anilines is 1. The van der Waals surface area contributed by atoms with Crippen LogP contribution in [0, 0.1) is 0 Å². The molecular formula is C22H20ClN3O3S. The number of hydrogen-bond donors (Lipinski definition) is 3. The fraction of sp³-hybridized carbons (Fsp3) is 0.182. The van der Waals surface area contributed by atoms with Crippen molar-refractivity contribution in [3.8, 4) is 0 Å². The third-order valence-corrected chi connectivity index (χ3v) is 5.71. The third kappa shape index (κ3) is 4.80. The highest BCUT2D eigenvalue weighted by molar-refractivity contribution is 8.02. The van der Waals surface area contributed by atoms with E-state index in [0.717, 1.165) is 22.2 Å². The predicted octanol–water partition coefficient (Wildman–Crippen LogP) is 4.34. The number of nitrogens with one attached hydrogen (secondary N) is 3. The Kier molecular flexibility index (Phi) is 6.30. The van der Waals surface area contributed by atoms with E-state index in [0.29, 0.717) is 41.6 Å². The molecule has 3 aromatic rings. The van der Waals surface area contributed by atoms with Gasteiger partial charge in [0.05, 0.1) is 6.61 Å². The van der Waals surface area contributed by atoms with Crippen molar-refractivity contribution in [2.45, 2.75) is 6.42 Å². The van der Waals surface area contributed by atoms with Gasteiger partial charge in [-0.05, 0) is 54.4 Å². The van der Waals surface area contributed by atoms with E-state index in [-0.39, 0.29) is 11.8 Å². The quantitative estimate of drug-likeness (QED) is 0.531. The van der Waals surface area contributed by atoms with Crippen LogP contribution in [0.2, 0.25) is 5.02 Å². The molecule has 0 radical (unpaired) electrons. The molecule has 3 N–H and O–H groups in total. The van der Waals surface area contributed by atoms with E-state index in [1.54, 1.807) is 41.4 Å². The minimum Gasteiger partial charge on any atom is -0.487 e. The van der Waals surface area contributed by atoms with E-state index in [9.17, 15) is 9.59 Å². The van der Waals surface area contributed by atoms with Crippen molar-refractivity contribution in [1.82, 2.24) is 10.3 Å². The van der Waals surface area contributed by atoms with Gasteiger partial charge in [0.2, 0.25) is 0 Å². The molecule has 0 atom stereocenters. The molecule has 0 saturated heterocycles. The number of hydrogen-bond acceptors (Lipinski definition) is 4. The summed E-state index contributed by atoms with van der Waals surface area (Å²) in [5.74, 6) is 0.694. The summed E-state index contributed by atoms with van der Waals surface area (Å²) in [6, 6.07) is 12.5. The second kappa shape index (κ2) is 9.28. The number of carbonyl (C=O) groups is 2. The number of thioether (sulfide) groups is 1. The van der Waals surface area contributed by atoms with Crippen LogP contribution in [0.3, 0.4) is 0 Å². The Hall–Kier alpha value is -2.90. The van der Waals surface area contributed by atoms with Crippen LogP contribution in [0.25, 0.3) is 10.9 Å². The number of fused-ring (bicyclic) bond motifs is 1. The van der Waals surface area contributed by atoms with Gasteiger partial charge in [0.15, 0.2) is 5.76 Å². The zero-order chi connectivity index (χ0) is 20.9. The van der Waals surface area contributed by atoms with Crippen LogP contribution in [-0.4, -0.2) is 35.7 Å². The molecule has 0 aliphatic carbocycles. The van der Waals surface area contributed by atoms with Crippen molar-refractivity contribution >= 4 is 51.8 Å². The summed E-state index contributed by atoms with van der Waals surface area (Å²) >= 11 is 7.63. The molecule has 2 amide bonds. The molecule has 1 aliphatic rings. The molecule has 2 aromatic carbocycles. The Balaban J connectivity index is 1.30. The topological polar surface area (TPSA) is 83.2 Å². The molecule has 8 heteroatoms. The molecule has 154 valence electrons. The molecule has 2 heterocycles. The summed E-state index contributed by atoms with van der Waals surface area (Å²) < 4.78 is 5.34. The fourth-order valence-electron chi connectivity index (χ4n) is 3.16. The number of benzene rings is 2. The number of aromatic nitrogens is 1. The van der Waals surface area contributed by atoms with Crippen LogP contribution >= 0.6 is 23.4 Å². The maximum absolute atomic E-state index is 12.4. The number of carbonyl (C=O) groups excluding carboxylic acids is 2. The number of H-pyrrole nitrogens is 1. The summed E-state index contributed by atoms with van der Waals surface area (Å²) in [5, 5.41) is 9.15. The van der Waals surface area contributed by atoms with Gasteiger partial charge in [-0.1, -0.05) is 11.6 Å². The molecule has 0 unspecified atom stereocenters. The van der Waals surface area contributed by atoms with Gasteiger partial charge in [-0.25, -0.2) is 0 Å². The molecule has 1 aromatic heterocycles. The highest BCUT2D eigenvalue weighted by Crippen LogP contribution is 2.22. The van der Waals surface area contributed by atoms with E-state index in [1.807, 2.05) is 24.4 Å². The van der Waals surface area contributed by atoms with E-state index >= 15 is 0 Å². The number of amides is 2. The highest BCUT2D eigenvalue weighted by atomic mass is 35.5. The first-order chi connectivity index (χ1) is 14.6. The zero-order valence-corrected chi connectivity index (χ0v) is 17.6. The lowest BCUT2D eigenvalue weighted by atomic mass is 10.1. The van der Waals surface area contributed by atoms with Crippen molar-refractivity contribution in [3.05, 3.63) is 76.0 Å². The summed E-state index contributed by atoms with van der Waals surface area (Å²) in [7, 11) is 0. The fourth-order valence-corrected chi connectivity index (χ4v) is 3.95. The van der Waals surface area contributed by atoms with Gasteiger partial charge in [0.25, 0.3) is 11.8 Å². The van der Waals surface area contributed by atoms with E-state index < -0.39 is 0 Å². The number of aromatic amines is 1. The first kappa shape index (κ1) is 20.4. The standard InChI is InChI=1S/C22H20ClN3O3S/c23-16-3-6-19-18(11-16)15(12-25-19)7-8-24-21(27)14-1-4-17(5-2-14)26-22(28)20-13-30-10-9-29-20/h1-6,11-13,25H,7-10H2,(H,24,27)(H,26,28). The average molecular weight is 442 g/mol. The van der Waals surface area contributed by atoms with Gasteiger partial charge < -0.3 is 20.4 Å². The largest absolute Gasteiger partial charge is 0.487 e. The van der Waals surface area contributed by atoms with Crippen LogP contribution in [0.15, 0.2) is 59.8 Å². The molecule has 0 spiro atoms. The lowest BCUT2D eigenvalue weighted by Gasteiger charge is -2.14. The van der Waals surface area contributed by atoms with Crippen LogP contribution in [-0.2, 0) is 16.0 Å². The number of halogens is 1. The highest BCUT2D eigenvalue weighted by Gasteiger charge is 2.14. The van der Waals surface area contributed by atoms with Crippen LogP contribution in [0.5, 0.6) is 0 Å². The van der Waals surface area contributed by atoms with Crippen molar-refractivity contribution in [2.24, 2.45) is 0 Å². The molecule has 4 rings (SSSR count). The first-order valence-corrected chi connectivity index (χ1v) is 10.9. The van der Waals surface area contributed by atoms with Crippen molar-refractivity contribution < 1.29 is 14.3 Å². The Morgan fingerprint density at radius 1 is 1.13 bits per heavy atom. The Bertz CT molecular complexity index is 1110. The van der Waals surface area contributed by atoms with Gasteiger partial charge >= 0.3 is 0 Å². The maximum Gasteiger partial charge on any atom is 0.291 e. The molecule has 30 heavy (non-hydrogen) atoms. The van der Waals surface area contributed by atoms with E-state index in [4.69, 9.17) is 16.3 Å². The monoisotopic (exact) mass is 441 g/mol. The lowest BCUT2D eigenvalue weighted by Crippen LogP contribution is -2.25. The predicted molar refractivity (Wildman–Crippen MR) is 121 cm³/mol. The molecule has 1 aliphatic heterocycles. The van der Waals surface area contributed by atoms with Gasteiger partial charge in [0, 0.05) is 51.1 Å². The van der Waals surface area contributed by atoms with Gasteiger partial charge in [-0.3, -0.25) is 9.59 Å². The Morgan fingerprint density at radius 3 is 2.73 bits per heavy atom. The average Bonchev–Trinajstić information content (AvgIpc) is 3.17. The van der Waals surface area contributed by atoms with Crippen LogP contribution < -0.4 is 10.6 Å². The lowest BCUT2D eigenvalue weighted by molar-refractivity contribution is -0.116. The van der Waals surface area contributed by atoms with Crippen molar-refractivity contribution in [1.29, 1.82) is 0 Å². The van der Waals surface area contributed by atoms with Crippen molar-refractivity contribution in [2.75, 3.05) is 24.2 Å². The van der Waals surface area contributed by atoms with Gasteiger partial charge in [0.1, 0.15) is 0 Å². The Morgan fingerprint density at radius 2 is 1.97 bits per heavy atom. The Labute approximate surface area is 183 Å². The molecule has 0 saturated carbocycles. The maximum atomic E-state index is 12.4. The summed E-state index contributed by atoms with van der Waals surface area (Å²) in [6.07, 6.45) is 2.63. The SMILES string of the molecule is O=C(Nc1ccc(C(=O)NCCc2c[nH]c3ccc(Cl)cc23)cc1)C1=CSCCO1. The number of ether oxygens (including phenoxy) is 1. The minimum atomic E-state index is -0.293. The summed E-state index contributed by atoms with van der Waals surface area (Å²) in [6.45, 7) is 1.02. The molecule has 0 fully saturated rings. The minimum absolute atomic E-state index is 0.166. The smallest absolute Gasteiger partial charge is 0.291 e. The van der Waals surface area contributed by atoms with Crippen LogP contribution in [0.1, 0.15) is 15.9 Å². The van der Waals surface area contributed by atoms with E-state index in [2.05, 4.69) is 15.6 Å². The zero-order valence-electron chi connectivity index (χ0n) is 16.0. The molecule has 0 bridgehead atoms. The van der Waals surface area contributed by atoms with Crippen molar-refractivity contribution in [3.63, 3.8) is 0 Å². The summed E-state index contributed by atoms with van der Waals surface area (Å²) in [5.41, 5.74) is 3.25. The molecule has 6 nitrogen and oxygen atoms in total.